The van der Waals surface area contributed by atoms with Gasteiger partial charge in [0.25, 0.3) is 0 Å². The van der Waals surface area contributed by atoms with Crippen LogP contribution >= 0.6 is 0 Å². The molecular weight excluding hydrogens is 268 g/mol. The molecule has 5 nitrogen and oxygen atoms in total. The zero-order chi connectivity index (χ0) is 14.9. The van der Waals surface area contributed by atoms with Gasteiger partial charge in [-0.15, -0.1) is 0 Å². The monoisotopic (exact) mass is 296 g/mol. The number of aliphatic hydroxyl groups is 1. The van der Waals surface area contributed by atoms with Crippen LogP contribution in [0.1, 0.15) is 51.9 Å². The molecule has 1 spiro atoms. The largest absolute Gasteiger partial charge is 0.396 e. The van der Waals surface area contributed by atoms with Gasteiger partial charge in [-0.3, -0.25) is 0 Å². The molecule has 0 bridgehead atoms. The van der Waals surface area contributed by atoms with Crippen LogP contribution in [0.3, 0.4) is 0 Å². The van der Waals surface area contributed by atoms with Crippen LogP contribution in [-0.4, -0.2) is 42.5 Å². The number of aliphatic hydroxyl groups excluding tert-OH is 1. The van der Waals surface area contributed by atoms with Crippen LogP contribution in [0.5, 0.6) is 0 Å². The van der Waals surface area contributed by atoms with Gasteiger partial charge >= 0.3 is 6.03 Å². The van der Waals surface area contributed by atoms with Crippen LogP contribution < -0.4 is 10.6 Å². The summed E-state index contributed by atoms with van der Waals surface area (Å²) in [5, 5.41) is 15.3. The van der Waals surface area contributed by atoms with Crippen molar-refractivity contribution in [3.63, 3.8) is 0 Å². The molecule has 3 N–H and O–H groups in total. The fourth-order valence-electron chi connectivity index (χ4n) is 4.07. The number of nitrogens with one attached hydrogen (secondary N) is 2. The quantitative estimate of drug-likeness (QED) is 0.671. The van der Waals surface area contributed by atoms with Gasteiger partial charge in [-0.1, -0.05) is 6.42 Å². The Morgan fingerprint density at radius 1 is 1.43 bits per heavy atom. The first-order valence-electron chi connectivity index (χ1n) is 8.49. The minimum Gasteiger partial charge on any atom is -0.396 e. The zero-order valence-corrected chi connectivity index (χ0v) is 12.9. The number of amides is 2. The van der Waals surface area contributed by atoms with E-state index in [1.165, 1.54) is 32.1 Å². The molecule has 0 radical (unpaired) electrons. The van der Waals surface area contributed by atoms with Crippen LogP contribution in [-0.2, 0) is 4.74 Å². The van der Waals surface area contributed by atoms with Crippen molar-refractivity contribution in [2.24, 2.45) is 11.3 Å². The summed E-state index contributed by atoms with van der Waals surface area (Å²) in [6, 6.07) is 0.332. The van der Waals surface area contributed by atoms with Crippen molar-refractivity contribution in [3.8, 4) is 0 Å². The maximum Gasteiger partial charge on any atom is 0.315 e. The molecule has 21 heavy (non-hydrogen) atoms. The van der Waals surface area contributed by atoms with Crippen LogP contribution in [0.15, 0.2) is 0 Å². The van der Waals surface area contributed by atoms with E-state index in [2.05, 4.69) is 10.6 Å². The van der Waals surface area contributed by atoms with E-state index < -0.39 is 0 Å². The van der Waals surface area contributed by atoms with Crippen LogP contribution in [0.4, 0.5) is 4.79 Å². The van der Waals surface area contributed by atoms with Crippen molar-refractivity contribution >= 4 is 6.03 Å². The minimum atomic E-state index is -0.0634. The molecule has 3 rings (SSSR count). The highest BCUT2D eigenvalue weighted by Gasteiger charge is 2.59. The molecule has 120 valence electrons. The Morgan fingerprint density at radius 3 is 2.71 bits per heavy atom. The molecule has 0 aromatic rings. The summed E-state index contributed by atoms with van der Waals surface area (Å²) in [5.41, 5.74) is 0.208. The molecule has 3 fully saturated rings. The van der Waals surface area contributed by atoms with Gasteiger partial charge < -0.3 is 20.5 Å². The molecular formula is C16H28N2O3. The van der Waals surface area contributed by atoms with E-state index in [0.717, 1.165) is 13.0 Å². The molecule has 3 saturated carbocycles. The number of hydrogen-bond acceptors (Lipinski definition) is 3. The smallest absolute Gasteiger partial charge is 0.315 e. The highest BCUT2D eigenvalue weighted by Crippen LogP contribution is 2.57. The highest BCUT2D eigenvalue weighted by atomic mass is 16.5. The Balaban J connectivity index is 1.48. The summed E-state index contributed by atoms with van der Waals surface area (Å²) in [5.74, 6) is 0.568. The molecule has 0 aliphatic heterocycles. The summed E-state index contributed by atoms with van der Waals surface area (Å²) >= 11 is 0. The lowest BCUT2D eigenvalue weighted by molar-refractivity contribution is -0.169. The second-order valence-electron chi connectivity index (χ2n) is 6.89. The van der Waals surface area contributed by atoms with Crippen molar-refractivity contribution in [1.82, 2.24) is 10.6 Å². The SMILES string of the molecule is CCOC1CC(NC(=O)NC(CCO)C2CC2)C12CCC2. The summed E-state index contributed by atoms with van der Waals surface area (Å²) in [6.45, 7) is 2.93. The second kappa shape index (κ2) is 6.13. The third-order valence-corrected chi connectivity index (χ3v) is 5.69. The van der Waals surface area contributed by atoms with Gasteiger partial charge in [0, 0.05) is 30.7 Å². The summed E-state index contributed by atoms with van der Waals surface area (Å²) in [4.78, 5) is 12.2. The number of hydrogen-bond donors (Lipinski definition) is 3. The lowest BCUT2D eigenvalue weighted by Crippen LogP contribution is -2.68. The lowest BCUT2D eigenvalue weighted by Gasteiger charge is -2.60. The van der Waals surface area contributed by atoms with Gasteiger partial charge in [-0.25, -0.2) is 4.79 Å². The third kappa shape index (κ3) is 2.90. The van der Waals surface area contributed by atoms with Gasteiger partial charge in [0.05, 0.1) is 6.10 Å². The van der Waals surface area contributed by atoms with Crippen molar-refractivity contribution in [2.45, 2.75) is 70.1 Å². The fraction of sp³-hybridized carbons (Fsp3) is 0.938. The van der Waals surface area contributed by atoms with Crippen LogP contribution in [0, 0.1) is 11.3 Å². The standard InChI is InChI=1S/C16H28N2O3/c1-2-21-14-10-13(16(14)7-3-8-16)18-15(20)17-12(6-9-19)11-4-5-11/h11-14,19H,2-10H2,1H3,(H2,17,18,20). The first kappa shape index (κ1) is 15.1. The Labute approximate surface area is 126 Å². The molecule has 2 amide bonds. The van der Waals surface area contributed by atoms with Gasteiger partial charge in [0.15, 0.2) is 0 Å². The average Bonchev–Trinajstić information content (AvgIpc) is 3.19. The molecule has 5 heteroatoms. The van der Waals surface area contributed by atoms with E-state index >= 15 is 0 Å². The predicted molar refractivity (Wildman–Crippen MR) is 80.0 cm³/mol. The Hall–Kier alpha value is -0.810. The molecule has 3 unspecified atom stereocenters. The van der Waals surface area contributed by atoms with E-state index in [-0.39, 0.29) is 30.1 Å². The van der Waals surface area contributed by atoms with Crippen molar-refractivity contribution < 1.29 is 14.6 Å². The number of rotatable bonds is 7. The van der Waals surface area contributed by atoms with Gasteiger partial charge in [0.2, 0.25) is 0 Å². The normalized spacial score (nSPS) is 31.1. The Bertz CT molecular complexity index is 380. The summed E-state index contributed by atoms with van der Waals surface area (Å²) in [7, 11) is 0. The molecule has 0 saturated heterocycles. The highest BCUT2D eigenvalue weighted by molar-refractivity contribution is 5.75. The van der Waals surface area contributed by atoms with E-state index in [4.69, 9.17) is 9.84 Å². The third-order valence-electron chi connectivity index (χ3n) is 5.69. The maximum absolute atomic E-state index is 12.2. The first-order valence-corrected chi connectivity index (χ1v) is 8.49. The van der Waals surface area contributed by atoms with Crippen molar-refractivity contribution in [2.75, 3.05) is 13.2 Å². The van der Waals surface area contributed by atoms with E-state index in [1.54, 1.807) is 0 Å². The minimum absolute atomic E-state index is 0.0634. The second-order valence-corrected chi connectivity index (χ2v) is 6.89. The number of ether oxygens (including phenoxy) is 1. The zero-order valence-electron chi connectivity index (χ0n) is 12.9. The maximum atomic E-state index is 12.2. The predicted octanol–water partition coefficient (Wildman–Crippen LogP) is 1.79. The van der Waals surface area contributed by atoms with Crippen LogP contribution in [0.2, 0.25) is 0 Å². The van der Waals surface area contributed by atoms with Crippen LogP contribution in [0.25, 0.3) is 0 Å². The van der Waals surface area contributed by atoms with E-state index in [1.807, 2.05) is 6.92 Å². The van der Waals surface area contributed by atoms with Gasteiger partial charge in [-0.2, -0.15) is 0 Å². The molecule has 3 atom stereocenters. The molecule has 0 aromatic carbocycles. The summed E-state index contributed by atoms with van der Waals surface area (Å²) < 4.78 is 5.81. The van der Waals surface area contributed by atoms with Gasteiger partial charge in [-0.05, 0) is 51.4 Å². The van der Waals surface area contributed by atoms with Crippen molar-refractivity contribution in [1.29, 1.82) is 0 Å². The summed E-state index contributed by atoms with van der Waals surface area (Å²) in [6.07, 6.45) is 7.87. The lowest BCUT2D eigenvalue weighted by atomic mass is 9.51. The van der Waals surface area contributed by atoms with Crippen molar-refractivity contribution in [3.05, 3.63) is 0 Å². The Kier molecular flexibility index (Phi) is 4.41. The molecule has 3 aliphatic carbocycles. The van der Waals surface area contributed by atoms with E-state index in [9.17, 15) is 4.79 Å². The number of carbonyl (C=O) groups excluding carboxylic acids is 1. The first-order chi connectivity index (χ1) is 10.2. The molecule has 0 heterocycles. The number of carbonyl (C=O) groups is 1. The average molecular weight is 296 g/mol. The topological polar surface area (TPSA) is 70.6 Å². The fourth-order valence-corrected chi connectivity index (χ4v) is 4.07. The number of urea groups is 1. The Morgan fingerprint density at radius 2 is 2.19 bits per heavy atom. The molecule has 3 aliphatic rings. The van der Waals surface area contributed by atoms with E-state index in [0.29, 0.717) is 18.4 Å². The van der Waals surface area contributed by atoms with Gasteiger partial charge in [0.1, 0.15) is 0 Å². The molecule has 0 aromatic heterocycles.